The molecule has 0 bridgehead atoms. The first kappa shape index (κ1) is 27.5. The zero-order valence-electron chi connectivity index (χ0n) is 20.1. The van der Waals surface area contributed by atoms with Gasteiger partial charge in [-0.05, 0) is 47.0 Å². The first-order valence-corrected chi connectivity index (χ1v) is 15.0. The minimum absolute atomic E-state index is 0.0496. The average molecular weight is 570 g/mol. The van der Waals surface area contributed by atoms with E-state index >= 15 is 0 Å². The minimum atomic E-state index is -4.50. The molecule has 0 aliphatic heterocycles. The summed E-state index contributed by atoms with van der Waals surface area (Å²) in [6, 6.07) is 27.0. The van der Waals surface area contributed by atoms with Crippen molar-refractivity contribution in [3.05, 3.63) is 130 Å². The second kappa shape index (κ2) is 11.5. The highest BCUT2D eigenvalue weighted by Crippen LogP contribution is 2.30. The number of carboxylic acids is 1. The van der Waals surface area contributed by atoms with Crippen LogP contribution in [0.3, 0.4) is 0 Å². The third-order valence-corrected chi connectivity index (χ3v) is 9.77. The maximum Gasteiger partial charge on any atom is 0.335 e. The van der Waals surface area contributed by atoms with Gasteiger partial charge in [-0.25, -0.2) is 21.6 Å². The number of carboxylic acid groups (broad SMARTS) is 1. The molecular formula is C28H24ClNO6S2. The monoisotopic (exact) mass is 569 g/mol. The molecule has 0 spiro atoms. The van der Waals surface area contributed by atoms with Crippen LogP contribution >= 0.6 is 11.6 Å². The van der Waals surface area contributed by atoms with Gasteiger partial charge in [0.1, 0.15) is 4.90 Å². The van der Waals surface area contributed by atoms with E-state index in [0.717, 1.165) is 22.5 Å². The lowest BCUT2D eigenvalue weighted by atomic mass is 10.2. The van der Waals surface area contributed by atoms with Crippen LogP contribution in [0.1, 0.15) is 27.0 Å². The summed E-state index contributed by atoms with van der Waals surface area (Å²) in [7, 11) is -8.70. The Balaban J connectivity index is 1.84. The van der Waals surface area contributed by atoms with Gasteiger partial charge in [0.2, 0.25) is 10.0 Å². The van der Waals surface area contributed by atoms with Gasteiger partial charge in [0.15, 0.2) is 9.84 Å². The van der Waals surface area contributed by atoms with Crippen LogP contribution in [0, 0.1) is 0 Å². The zero-order chi connectivity index (χ0) is 27.3. The number of sulfone groups is 1. The van der Waals surface area contributed by atoms with Gasteiger partial charge in [-0.15, -0.1) is 0 Å². The van der Waals surface area contributed by atoms with Crippen molar-refractivity contribution in [1.82, 2.24) is 4.31 Å². The first-order chi connectivity index (χ1) is 18.1. The summed E-state index contributed by atoms with van der Waals surface area (Å²) in [6.07, 6.45) is 0. The fraction of sp³-hybridized carbons (Fsp3) is 0.107. The maximum absolute atomic E-state index is 14.1. The van der Waals surface area contributed by atoms with Gasteiger partial charge in [0, 0.05) is 18.1 Å². The molecule has 0 amide bonds. The topological polar surface area (TPSA) is 109 Å². The van der Waals surface area contributed by atoms with Gasteiger partial charge in [0.25, 0.3) is 0 Å². The highest BCUT2D eigenvalue weighted by molar-refractivity contribution is 7.93. The van der Waals surface area contributed by atoms with Crippen molar-refractivity contribution < 1.29 is 26.7 Å². The fourth-order valence-corrected chi connectivity index (χ4v) is 7.68. The van der Waals surface area contributed by atoms with E-state index in [2.05, 4.69) is 0 Å². The third kappa shape index (κ3) is 6.49. The molecule has 0 atom stereocenters. The van der Waals surface area contributed by atoms with E-state index in [-0.39, 0.29) is 18.7 Å². The summed E-state index contributed by atoms with van der Waals surface area (Å²) < 4.78 is 56.4. The van der Waals surface area contributed by atoms with Crippen LogP contribution in [0.2, 0.25) is 5.02 Å². The second-order valence-corrected chi connectivity index (χ2v) is 12.9. The Hall–Kier alpha value is -3.50. The number of hydrogen-bond acceptors (Lipinski definition) is 5. The molecule has 1 N–H and O–H groups in total. The Bertz CT molecular complexity index is 1600. The van der Waals surface area contributed by atoms with Gasteiger partial charge in [-0.3, -0.25) is 0 Å². The van der Waals surface area contributed by atoms with Crippen molar-refractivity contribution in [2.75, 3.05) is 0 Å². The predicted octanol–water partition coefficient (Wildman–Crippen LogP) is 5.40. The van der Waals surface area contributed by atoms with Crippen molar-refractivity contribution in [2.45, 2.75) is 28.6 Å². The molecule has 38 heavy (non-hydrogen) atoms. The lowest BCUT2D eigenvalue weighted by Crippen LogP contribution is -2.31. The molecule has 7 nitrogen and oxygen atoms in total. The van der Waals surface area contributed by atoms with E-state index in [1.165, 1.54) is 12.1 Å². The Morgan fingerprint density at radius 1 is 0.684 bits per heavy atom. The van der Waals surface area contributed by atoms with E-state index < -0.39 is 41.4 Å². The summed E-state index contributed by atoms with van der Waals surface area (Å²) in [6.45, 7) is -0.0991. The molecule has 0 radical (unpaired) electrons. The molecule has 4 rings (SSSR count). The Morgan fingerprint density at radius 2 is 1.21 bits per heavy atom. The minimum Gasteiger partial charge on any atom is -0.478 e. The molecule has 4 aromatic carbocycles. The van der Waals surface area contributed by atoms with E-state index in [1.54, 1.807) is 72.8 Å². The molecule has 0 unspecified atom stereocenters. The van der Waals surface area contributed by atoms with E-state index in [4.69, 9.17) is 11.6 Å². The number of aromatic carboxylic acids is 1. The molecule has 0 fully saturated rings. The third-order valence-electron chi connectivity index (χ3n) is 5.82. The fourth-order valence-electron chi connectivity index (χ4n) is 3.92. The van der Waals surface area contributed by atoms with E-state index in [9.17, 15) is 26.7 Å². The second-order valence-electron chi connectivity index (χ2n) is 8.60. The molecule has 0 saturated carbocycles. The number of rotatable bonds is 10. The van der Waals surface area contributed by atoms with Crippen molar-refractivity contribution in [3.8, 4) is 0 Å². The van der Waals surface area contributed by atoms with Crippen LogP contribution in [-0.2, 0) is 38.7 Å². The predicted molar refractivity (Wildman–Crippen MR) is 145 cm³/mol. The van der Waals surface area contributed by atoms with Gasteiger partial charge in [-0.2, -0.15) is 4.31 Å². The first-order valence-electron chi connectivity index (χ1n) is 11.5. The van der Waals surface area contributed by atoms with Crippen LogP contribution in [0.5, 0.6) is 0 Å². The highest BCUT2D eigenvalue weighted by atomic mass is 35.5. The molecule has 4 aromatic rings. The normalized spacial score (nSPS) is 11.9. The Kier molecular flexibility index (Phi) is 8.32. The standard InChI is InChI=1S/C28H24ClNO6S2/c29-25-14-11-23(12-15-25)20-37(33,34)26-16-13-24(28(31)32)17-27(26)38(35,36)30(18-21-7-3-1-4-8-21)19-22-9-5-2-6-10-22/h1-17H,18-20H2,(H,31,32). The molecule has 0 saturated heterocycles. The van der Waals surface area contributed by atoms with Gasteiger partial charge in [0.05, 0.1) is 16.2 Å². The van der Waals surface area contributed by atoms with Crippen molar-refractivity contribution >= 4 is 37.4 Å². The summed E-state index contributed by atoms with van der Waals surface area (Å²) in [4.78, 5) is 10.7. The molecule has 0 heterocycles. The molecule has 10 heteroatoms. The summed E-state index contributed by atoms with van der Waals surface area (Å²) in [5.41, 5.74) is 1.44. The molecule has 196 valence electrons. The van der Waals surface area contributed by atoms with E-state index in [0.29, 0.717) is 21.7 Å². The number of sulfonamides is 1. The number of carbonyl (C=O) groups is 1. The lowest BCUT2D eigenvalue weighted by molar-refractivity contribution is 0.0696. The van der Waals surface area contributed by atoms with E-state index in [1.807, 2.05) is 0 Å². The van der Waals surface area contributed by atoms with Crippen LogP contribution in [0.15, 0.2) is 113 Å². The van der Waals surface area contributed by atoms with Gasteiger partial charge < -0.3 is 5.11 Å². The summed E-state index contributed by atoms with van der Waals surface area (Å²) in [5.74, 6) is -1.86. The average Bonchev–Trinajstić information content (AvgIpc) is 2.90. The molecule has 0 aliphatic rings. The molecular weight excluding hydrogens is 546 g/mol. The van der Waals surface area contributed by atoms with Crippen molar-refractivity contribution in [2.24, 2.45) is 0 Å². The number of benzene rings is 4. The zero-order valence-corrected chi connectivity index (χ0v) is 22.5. The SMILES string of the molecule is O=C(O)c1ccc(S(=O)(=O)Cc2ccc(Cl)cc2)c(S(=O)(=O)N(Cc2ccccc2)Cc2ccccc2)c1. The lowest BCUT2D eigenvalue weighted by Gasteiger charge is -2.24. The smallest absolute Gasteiger partial charge is 0.335 e. The Morgan fingerprint density at radius 3 is 1.71 bits per heavy atom. The number of nitrogens with zero attached hydrogens (tertiary/aromatic N) is 1. The van der Waals surface area contributed by atoms with Crippen LogP contribution in [0.25, 0.3) is 0 Å². The number of halogens is 1. The molecule has 0 aliphatic carbocycles. The van der Waals surface area contributed by atoms with Crippen LogP contribution in [-0.4, -0.2) is 32.2 Å². The molecule has 0 aromatic heterocycles. The quantitative estimate of drug-likeness (QED) is 0.274. The summed E-state index contributed by atoms with van der Waals surface area (Å²) >= 11 is 5.91. The van der Waals surface area contributed by atoms with Gasteiger partial charge in [-0.1, -0.05) is 84.4 Å². The summed E-state index contributed by atoms with van der Waals surface area (Å²) in [5, 5.41) is 10.00. The highest BCUT2D eigenvalue weighted by Gasteiger charge is 2.33. The number of hydrogen-bond donors (Lipinski definition) is 1. The Labute approximate surface area is 226 Å². The van der Waals surface area contributed by atoms with Crippen molar-refractivity contribution in [3.63, 3.8) is 0 Å². The largest absolute Gasteiger partial charge is 0.478 e. The van der Waals surface area contributed by atoms with Gasteiger partial charge >= 0.3 is 5.97 Å². The van der Waals surface area contributed by atoms with Crippen LogP contribution < -0.4 is 0 Å². The maximum atomic E-state index is 14.1. The van der Waals surface area contributed by atoms with Crippen LogP contribution in [0.4, 0.5) is 0 Å². The van der Waals surface area contributed by atoms with Crippen molar-refractivity contribution in [1.29, 1.82) is 0 Å².